The molecule has 1 rings (SSSR count). The maximum absolute atomic E-state index is 13.2. The first-order valence-corrected chi connectivity index (χ1v) is 4.50. The summed E-state index contributed by atoms with van der Waals surface area (Å²) in [5, 5.41) is 0. The first kappa shape index (κ1) is 11.0. The van der Waals surface area contributed by atoms with E-state index in [0.717, 1.165) is 0 Å². The summed E-state index contributed by atoms with van der Waals surface area (Å²) in [4.78, 5) is 0. The van der Waals surface area contributed by atoms with E-state index >= 15 is 0 Å². The Balaban J connectivity index is 2.95. The molecular formula is C11H13F2O. The molecule has 14 heavy (non-hydrogen) atoms. The smallest absolute Gasteiger partial charge is 0.127 e. The Morgan fingerprint density at radius 2 is 2.14 bits per heavy atom. The lowest BCUT2D eigenvalue weighted by Crippen LogP contribution is -2.01. The zero-order valence-corrected chi connectivity index (χ0v) is 8.31. The lowest BCUT2D eigenvalue weighted by atomic mass is 10.0. The third-order valence-corrected chi connectivity index (χ3v) is 1.91. The SMILES string of the molecule is CCOc1ccc(F)c([C](C)CF)c1. The normalized spacial score (nSPS) is 10.6. The standard InChI is InChI=1S/C11H13F2O/c1-3-14-9-4-5-11(13)10(6-9)8(2)7-12/h4-6H,3,7H2,1-2H3. The largest absolute Gasteiger partial charge is 0.494 e. The summed E-state index contributed by atoms with van der Waals surface area (Å²) in [5.41, 5.74) is 0.290. The third kappa shape index (κ3) is 2.44. The fourth-order valence-electron chi connectivity index (χ4n) is 1.16. The number of rotatable bonds is 4. The lowest BCUT2D eigenvalue weighted by molar-refractivity contribution is 0.339. The Labute approximate surface area is 82.7 Å². The summed E-state index contributed by atoms with van der Waals surface area (Å²) in [6, 6.07) is 4.35. The van der Waals surface area contributed by atoms with E-state index in [9.17, 15) is 8.78 Å². The molecule has 0 saturated heterocycles. The molecule has 77 valence electrons. The van der Waals surface area contributed by atoms with E-state index in [1.807, 2.05) is 6.92 Å². The Kier molecular flexibility index (Phi) is 3.86. The fourth-order valence-corrected chi connectivity index (χ4v) is 1.16. The third-order valence-electron chi connectivity index (χ3n) is 1.91. The van der Waals surface area contributed by atoms with Crippen LogP contribution < -0.4 is 4.74 Å². The number of alkyl halides is 1. The predicted molar refractivity (Wildman–Crippen MR) is 51.6 cm³/mol. The second kappa shape index (κ2) is 4.94. The molecule has 0 aromatic heterocycles. The highest BCUT2D eigenvalue weighted by molar-refractivity contribution is 5.38. The Morgan fingerprint density at radius 3 is 2.71 bits per heavy atom. The summed E-state index contributed by atoms with van der Waals surface area (Å²) in [7, 11) is 0. The molecule has 0 aliphatic heterocycles. The van der Waals surface area contributed by atoms with Gasteiger partial charge in [-0.3, -0.25) is 4.39 Å². The molecule has 0 saturated carbocycles. The van der Waals surface area contributed by atoms with Crippen LogP contribution in [-0.4, -0.2) is 13.3 Å². The van der Waals surface area contributed by atoms with Crippen molar-refractivity contribution in [2.24, 2.45) is 0 Å². The molecule has 1 radical (unpaired) electrons. The number of ether oxygens (including phenoxy) is 1. The van der Waals surface area contributed by atoms with Crippen molar-refractivity contribution in [2.45, 2.75) is 13.8 Å². The van der Waals surface area contributed by atoms with Gasteiger partial charge in [-0.05, 0) is 25.1 Å². The number of benzene rings is 1. The van der Waals surface area contributed by atoms with Crippen LogP contribution in [0.3, 0.4) is 0 Å². The maximum atomic E-state index is 13.2. The van der Waals surface area contributed by atoms with Crippen molar-refractivity contribution in [3.8, 4) is 5.75 Å². The summed E-state index contributed by atoms with van der Waals surface area (Å²) < 4.78 is 30.7. The quantitative estimate of drug-likeness (QED) is 0.723. The van der Waals surface area contributed by atoms with Crippen LogP contribution >= 0.6 is 0 Å². The zero-order chi connectivity index (χ0) is 10.6. The van der Waals surface area contributed by atoms with Crippen molar-refractivity contribution in [3.63, 3.8) is 0 Å². The highest BCUT2D eigenvalue weighted by Crippen LogP contribution is 2.23. The van der Waals surface area contributed by atoms with E-state index in [2.05, 4.69) is 0 Å². The van der Waals surface area contributed by atoms with Crippen LogP contribution in [-0.2, 0) is 0 Å². The highest BCUT2D eigenvalue weighted by Gasteiger charge is 2.12. The Bertz CT molecular complexity index is 299. The molecule has 0 spiro atoms. The molecule has 0 N–H and O–H groups in total. The van der Waals surface area contributed by atoms with E-state index in [0.29, 0.717) is 23.8 Å². The average molecular weight is 199 g/mol. The summed E-state index contributed by atoms with van der Waals surface area (Å²) >= 11 is 0. The van der Waals surface area contributed by atoms with Gasteiger partial charge in [0.15, 0.2) is 0 Å². The molecule has 1 aromatic carbocycles. The molecule has 3 heteroatoms. The van der Waals surface area contributed by atoms with Gasteiger partial charge in [-0.25, -0.2) is 4.39 Å². The van der Waals surface area contributed by atoms with Gasteiger partial charge in [0, 0.05) is 11.5 Å². The van der Waals surface area contributed by atoms with Crippen LogP contribution in [0.15, 0.2) is 18.2 Å². The molecule has 0 amide bonds. The van der Waals surface area contributed by atoms with E-state index in [1.54, 1.807) is 6.92 Å². The van der Waals surface area contributed by atoms with Crippen LogP contribution in [0.25, 0.3) is 0 Å². The van der Waals surface area contributed by atoms with Crippen molar-refractivity contribution < 1.29 is 13.5 Å². The average Bonchev–Trinajstić information content (AvgIpc) is 2.20. The Morgan fingerprint density at radius 1 is 1.43 bits per heavy atom. The van der Waals surface area contributed by atoms with Crippen molar-refractivity contribution in [3.05, 3.63) is 35.5 Å². The van der Waals surface area contributed by atoms with Gasteiger partial charge in [0.2, 0.25) is 0 Å². The Hall–Kier alpha value is -1.12. The van der Waals surface area contributed by atoms with Gasteiger partial charge in [0.25, 0.3) is 0 Å². The first-order chi connectivity index (χ1) is 6.69. The second-order valence-corrected chi connectivity index (χ2v) is 2.99. The molecule has 1 nitrogen and oxygen atoms in total. The first-order valence-electron chi connectivity index (χ1n) is 4.50. The van der Waals surface area contributed by atoms with Crippen LogP contribution in [0, 0.1) is 11.7 Å². The zero-order valence-electron chi connectivity index (χ0n) is 8.31. The van der Waals surface area contributed by atoms with Gasteiger partial charge >= 0.3 is 0 Å². The van der Waals surface area contributed by atoms with Crippen molar-refractivity contribution in [1.29, 1.82) is 0 Å². The fraction of sp³-hybridized carbons (Fsp3) is 0.364. The molecule has 0 aliphatic rings. The van der Waals surface area contributed by atoms with E-state index in [-0.39, 0.29) is 0 Å². The minimum absolute atomic E-state index is 0.290. The predicted octanol–water partition coefficient (Wildman–Crippen LogP) is 3.14. The van der Waals surface area contributed by atoms with E-state index < -0.39 is 12.5 Å². The number of hydrogen-bond acceptors (Lipinski definition) is 1. The van der Waals surface area contributed by atoms with Crippen molar-refractivity contribution >= 4 is 0 Å². The molecule has 0 atom stereocenters. The lowest BCUT2D eigenvalue weighted by Gasteiger charge is -2.10. The summed E-state index contributed by atoms with van der Waals surface area (Å²) in [6.07, 6.45) is 0. The topological polar surface area (TPSA) is 9.23 Å². The monoisotopic (exact) mass is 199 g/mol. The van der Waals surface area contributed by atoms with Gasteiger partial charge in [-0.1, -0.05) is 6.92 Å². The minimum Gasteiger partial charge on any atom is -0.494 e. The minimum atomic E-state index is -0.646. The van der Waals surface area contributed by atoms with Crippen LogP contribution in [0.5, 0.6) is 5.75 Å². The van der Waals surface area contributed by atoms with Crippen molar-refractivity contribution in [1.82, 2.24) is 0 Å². The van der Waals surface area contributed by atoms with Gasteiger partial charge in [0.05, 0.1) is 13.3 Å². The van der Waals surface area contributed by atoms with E-state index in [1.165, 1.54) is 18.2 Å². The highest BCUT2D eigenvalue weighted by atomic mass is 19.1. The summed E-state index contributed by atoms with van der Waals surface area (Å²) in [6.45, 7) is 3.27. The van der Waals surface area contributed by atoms with Crippen LogP contribution in [0.2, 0.25) is 0 Å². The maximum Gasteiger partial charge on any atom is 0.127 e. The van der Waals surface area contributed by atoms with Crippen LogP contribution in [0.4, 0.5) is 8.78 Å². The molecule has 0 aliphatic carbocycles. The van der Waals surface area contributed by atoms with Gasteiger partial charge in [-0.15, -0.1) is 0 Å². The molecule has 1 aromatic rings. The molecular weight excluding hydrogens is 186 g/mol. The van der Waals surface area contributed by atoms with Gasteiger partial charge in [0.1, 0.15) is 11.6 Å². The molecule has 0 fully saturated rings. The summed E-state index contributed by atoms with van der Waals surface area (Å²) in [5.74, 6) is 0.532. The van der Waals surface area contributed by atoms with Crippen LogP contribution in [0.1, 0.15) is 19.4 Å². The van der Waals surface area contributed by atoms with E-state index in [4.69, 9.17) is 4.74 Å². The molecule has 0 heterocycles. The molecule has 0 bridgehead atoms. The number of hydrogen-bond donors (Lipinski definition) is 0. The number of halogens is 2. The second-order valence-electron chi connectivity index (χ2n) is 2.99. The van der Waals surface area contributed by atoms with Gasteiger partial charge < -0.3 is 4.74 Å². The molecule has 0 unspecified atom stereocenters. The van der Waals surface area contributed by atoms with Gasteiger partial charge in [-0.2, -0.15) is 0 Å². The van der Waals surface area contributed by atoms with Crippen molar-refractivity contribution in [2.75, 3.05) is 13.3 Å².